The Labute approximate surface area is 113 Å². The van der Waals surface area contributed by atoms with Gasteiger partial charge in [-0.05, 0) is 17.7 Å². The third-order valence-electron chi connectivity index (χ3n) is 2.39. The van der Waals surface area contributed by atoms with Crippen LogP contribution in [0.1, 0.15) is 11.4 Å². The molecule has 0 aliphatic rings. The van der Waals surface area contributed by atoms with Crippen molar-refractivity contribution in [2.24, 2.45) is 12.8 Å². The number of hydrogen-bond acceptors (Lipinski definition) is 4. The van der Waals surface area contributed by atoms with Crippen molar-refractivity contribution in [3.05, 3.63) is 40.1 Å². The molecule has 2 rings (SSSR count). The summed E-state index contributed by atoms with van der Waals surface area (Å²) < 4.78 is 3.03. The normalized spacial score (nSPS) is 10.8. The number of halogens is 1. The third kappa shape index (κ3) is 3.08. The molecule has 0 radical (unpaired) electrons. The first kappa shape index (κ1) is 12.6. The van der Waals surface area contributed by atoms with Crippen LogP contribution in [0.3, 0.4) is 0 Å². The molecule has 0 bridgehead atoms. The molecular weight excluding hydrogens is 300 g/mol. The van der Waals surface area contributed by atoms with E-state index in [1.165, 1.54) is 5.56 Å². The molecule has 1 heterocycles. The average Bonchev–Trinajstić information content (AvgIpc) is 2.69. The van der Waals surface area contributed by atoms with Gasteiger partial charge >= 0.3 is 0 Å². The number of thioether (sulfide) groups is 1. The van der Waals surface area contributed by atoms with Crippen LogP contribution in [0.15, 0.2) is 33.9 Å². The zero-order valence-electron chi connectivity index (χ0n) is 9.43. The molecule has 0 spiro atoms. The fourth-order valence-corrected chi connectivity index (χ4v) is 2.53. The second-order valence-corrected chi connectivity index (χ2v) is 5.44. The van der Waals surface area contributed by atoms with Crippen molar-refractivity contribution in [3.63, 3.8) is 0 Å². The first-order valence-electron chi connectivity index (χ1n) is 5.16. The number of aromatic nitrogens is 3. The van der Waals surface area contributed by atoms with Crippen molar-refractivity contribution >= 4 is 27.7 Å². The van der Waals surface area contributed by atoms with E-state index in [9.17, 15) is 0 Å². The number of benzene rings is 1. The van der Waals surface area contributed by atoms with Gasteiger partial charge in [-0.25, -0.2) is 0 Å². The Morgan fingerprint density at radius 1 is 1.29 bits per heavy atom. The molecule has 0 atom stereocenters. The summed E-state index contributed by atoms with van der Waals surface area (Å²) in [5.41, 5.74) is 6.81. The van der Waals surface area contributed by atoms with E-state index in [0.717, 1.165) is 21.2 Å². The van der Waals surface area contributed by atoms with Gasteiger partial charge in [-0.15, -0.1) is 10.2 Å². The molecule has 0 saturated heterocycles. The van der Waals surface area contributed by atoms with Gasteiger partial charge in [-0.3, -0.25) is 0 Å². The highest BCUT2D eigenvalue weighted by molar-refractivity contribution is 9.10. The van der Waals surface area contributed by atoms with Gasteiger partial charge in [0.25, 0.3) is 0 Å². The van der Waals surface area contributed by atoms with E-state index >= 15 is 0 Å². The van der Waals surface area contributed by atoms with E-state index in [1.807, 2.05) is 23.7 Å². The Hall–Kier alpha value is -0.850. The Balaban J connectivity index is 2.02. The lowest BCUT2D eigenvalue weighted by molar-refractivity contribution is 0.734. The standard InChI is InChI=1S/C11H13BrN4S/c1-16-10(6-13)14-15-11(16)17-7-8-2-4-9(12)5-3-8/h2-5H,6-7,13H2,1H3. The summed E-state index contributed by atoms with van der Waals surface area (Å²) in [5.74, 6) is 1.69. The molecule has 2 aromatic rings. The highest BCUT2D eigenvalue weighted by atomic mass is 79.9. The first-order valence-corrected chi connectivity index (χ1v) is 6.94. The van der Waals surface area contributed by atoms with Crippen LogP contribution in [-0.2, 0) is 19.3 Å². The minimum Gasteiger partial charge on any atom is -0.324 e. The summed E-state index contributed by atoms with van der Waals surface area (Å²) in [6.07, 6.45) is 0. The fourth-order valence-electron chi connectivity index (χ4n) is 1.38. The van der Waals surface area contributed by atoms with Gasteiger partial charge in [0.1, 0.15) is 5.82 Å². The Morgan fingerprint density at radius 3 is 2.59 bits per heavy atom. The zero-order chi connectivity index (χ0) is 12.3. The summed E-state index contributed by atoms with van der Waals surface area (Å²) in [5, 5.41) is 9.02. The van der Waals surface area contributed by atoms with Crippen LogP contribution in [0.25, 0.3) is 0 Å². The second-order valence-electron chi connectivity index (χ2n) is 3.58. The molecule has 90 valence electrons. The van der Waals surface area contributed by atoms with Gasteiger partial charge in [0.05, 0.1) is 6.54 Å². The molecule has 17 heavy (non-hydrogen) atoms. The van der Waals surface area contributed by atoms with Crippen LogP contribution in [0.5, 0.6) is 0 Å². The summed E-state index contributed by atoms with van der Waals surface area (Å²) >= 11 is 5.08. The number of nitrogens with two attached hydrogens (primary N) is 1. The van der Waals surface area contributed by atoms with Gasteiger partial charge < -0.3 is 10.3 Å². The van der Waals surface area contributed by atoms with Crippen LogP contribution < -0.4 is 5.73 Å². The van der Waals surface area contributed by atoms with E-state index < -0.39 is 0 Å². The van der Waals surface area contributed by atoms with Crippen LogP contribution in [-0.4, -0.2) is 14.8 Å². The quantitative estimate of drug-likeness (QED) is 0.880. The zero-order valence-corrected chi connectivity index (χ0v) is 11.8. The van der Waals surface area contributed by atoms with Crippen molar-refractivity contribution < 1.29 is 0 Å². The molecule has 6 heteroatoms. The van der Waals surface area contributed by atoms with E-state index in [2.05, 4.69) is 38.3 Å². The fraction of sp³-hybridized carbons (Fsp3) is 0.273. The maximum atomic E-state index is 5.55. The monoisotopic (exact) mass is 312 g/mol. The SMILES string of the molecule is Cn1c(CN)nnc1SCc1ccc(Br)cc1. The summed E-state index contributed by atoms with van der Waals surface area (Å²) in [6, 6.07) is 8.27. The minimum absolute atomic E-state index is 0.419. The van der Waals surface area contributed by atoms with Crippen molar-refractivity contribution in [2.45, 2.75) is 17.5 Å². The molecule has 0 aliphatic carbocycles. The van der Waals surface area contributed by atoms with Crippen molar-refractivity contribution in [2.75, 3.05) is 0 Å². The van der Waals surface area contributed by atoms with Gasteiger partial charge in [0.15, 0.2) is 5.16 Å². The summed E-state index contributed by atoms with van der Waals surface area (Å²) in [7, 11) is 1.94. The molecule has 2 N–H and O–H groups in total. The maximum Gasteiger partial charge on any atom is 0.191 e. The van der Waals surface area contributed by atoms with Crippen LogP contribution in [0.4, 0.5) is 0 Å². The molecule has 4 nitrogen and oxygen atoms in total. The molecular formula is C11H13BrN4S. The summed E-state index contributed by atoms with van der Waals surface area (Å²) in [6.45, 7) is 0.419. The van der Waals surface area contributed by atoms with Crippen LogP contribution in [0.2, 0.25) is 0 Å². The highest BCUT2D eigenvalue weighted by Gasteiger charge is 2.07. The van der Waals surface area contributed by atoms with Gasteiger partial charge in [0, 0.05) is 17.3 Å². The lowest BCUT2D eigenvalue weighted by Gasteiger charge is -2.02. The number of rotatable bonds is 4. The molecule has 0 unspecified atom stereocenters. The van der Waals surface area contributed by atoms with Crippen molar-refractivity contribution in [1.29, 1.82) is 0 Å². The molecule has 0 amide bonds. The largest absolute Gasteiger partial charge is 0.324 e. The van der Waals surface area contributed by atoms with Crippen molar-refractivity contribution in [1.82, 2.24) is 14.8 Å². The molecule has 1 aromatic heterocycles. The first-order chi connectivity index (χ1) is 8.20. The van der Waals surface area contributed by atoms with Crippen molar-refractivity contribution in [3.8, 4) is 0 Å². The molecule has 0 fully saturated rings. The topological polar surface area (TPSA) is 56.7 Å². The predicted octanol–water partition coefficient (Wildman–Crippen LogP) is 2.33. The molecule has 1 aromatic carbocycles. The summed E-state index contributed by atoms with van der Waals surface area (Å²) in [4.78, 5) is 0. The van der Waals surface area contributed by atoms with Crippen LogP contribution >= 0.6 is 27.7 Å². The average molecular weight is 313 g/mol. The van der Waals surface area contributed by atoms with Gasteiger partial charge in [-0.1, -0.05) is 39.8 Å². The second kappa shape index (κ2) is 5.66. The highest BCUT2D eigenvalue weighted by Crippen LogP contribution is 2.22. The Bertz CT molecular complexity index is 495. The smallest absolute Gasteiger partial charge is 0.191 e. The third-order valence-corrected chi connectivity index (χ3v) is 4.01. The van der Waals surface area contributed by atoms with E-state index in [1.54, 1.807) is 11.8 Å². The van der Waals surface area contributed by atoms with Gasteiger partial charge in [0.2, 0.25) is 0 Å². The lowest BCUT2D eigenvalue weighted by Crippen LogP contribution is -2.05. The molecule has 0 aliphatic heterocycles. The predicted molar refractivity (Wildman–Crippen MR) is 72.6 cm³/mol. The Morgan fingerprint density at radius 2 is 2.00 bits per heavy atom. The van der Waals surface area contributed by atoms with Gasteiger partial charge in [-0.2, -0.15) is 0 Å². The minimum atomic E-state index is 0.419. The van der Waals surface area contributed by atoms with E-state index in [0.29, 0.717) is 6.54 Å². The van der Waals surface area contributed by atoms with Crippen LogP contribution in [0, 0.1) is 0 Å². The lowest BCUT2D eigenvalue weighted by atomic mass is 10.2. The maximum absolute atomic E-state index is 5.55. The van der Waals surface area contributed by atoms with E-state index in [-0.39, 0.29) is 0 Å². The van der Waals surface area contributed by atoms with E-state index in [4.69, 9.17) is 5.73 Å². The molecule has 0 saturated carbocycles. The Kier molecular flexibility index (Phi) is 4.20. The number of hydrogen-bond donors (Lipinski definition) is 1. The number of nitrogens with zero attached hydrogens (tertiary/aromatic N) is 3.